The standard InChI is InChI=1S/C17H26N2O/c1-13(2)10-14-5-7-15(8-6-14)11-17(20)19-9-3-4-16(18)12-19/h5-8,13,16H,3-4,9-12,18H2,1-2H3. The summed E-state index contributed by atoms with van der Waals surface area (Å²) in [7, 11) is 0. The number of rotatable bonds is 4. The molecule has 0 radical (unpaired) electrons. The average molecular weight is 274 g/mol. The zero-order valence-electron chi connectivity index (χ0n) is 12.6. The molecule has 110 valence electrons. The number of carbonyl (C=O) groups excluding carboxylic acids is 1. The summed E-state index contributed by atoms with van der Waals surface area (Å²) in [6, 6.07) is 8.61. The van der Waals surface area contributed by atoms with E-state index in [1.807, 2.05) is 4.90 Å². The lowest BCUT2D eigenvalue weighted by atomic mass is 10.0. The van der Waals surface area contributed by atoms with Gasteiger partial charge >= 0.3 is 0 Å². The Morgan fingerprint density at radius 3 is 2.55 bits per heavy atom. The van der Waals surface area contributed by atoms with Crippen LogP contribution >= 0.6 is 0 Å². The van der Waals surface area contributed by atoms with Crippen LogP contribution in [0.1, 0.15) is 37.8 Å². The molecule has 1 fully saturated rings. The monoisotopic (exact) mass is 274 g/mol. The zero-order valence-corrected chi connectivity index (χ0v) is 12.6. The van der Waals surface area contributed by atoms with Crippen molar-refractivity contribution in [2.75, 3.05) is 13.1 Å². The maximum Gasteiger partial charge on any atom is 0.227 e. The summed E-state index contributed by atoms with van der Waals surface area (Å²) >= 11 is 0. The van der Waals surface area contributed by atoms with Crippen LogP contribution in [0.25, 0.3) is 0 Å². The number of hydrogen-bond acceptors (Lipinski definition) is 2. The molecule has 1 amide bonds. The van der Waals surface area contributed by atoms with Gasteiger partial charge in [0.1, 0.15) is 0 Å². The van der Waals surface area contributed by atoms with Crippen molar-refractivity contribution in [3.05, 3.63) is 35.4 Å². The van der Waals surface area contributed by atoms with Gasteiger partial charge in [0.15, 0.2) is 0 Å². The fourth-order valence-corrected chi connectivity index (χ4v) is 2.79. The molecular weight excluding hydrogens is 248 g/mol. The van der Waals surface area contributed by atoms with E-state index in [1.165, 1.54) is 5.56 Å². The average Bonchev–Trinajstić information content (AvgIpc) is 2.40. The lowest BCUT2D eigenvalue weighted by molar-refractivity contribution is -0.131. The maximum atomic E-state index is 12.2. The highest BCUT2D eigenvalue weighted by atomic mass is 16.2. The third-order valence-corrected chi connectivity index (χ3v) is 3.83. The predicted molar refractivity (Wildman–Crippen MR) is 82.5 cm³/mol. The predicted octanol–water partition coefficient (Wildman–Crippen LogP) is 2.38. The highest BCUT2D eigenvalue weighted by molar-refractivity contribution is 5.78. The molecule has 3 nitrogen and oxygen atoms in total. The second-order valence-corrected chi connectivity index (χ2v) is 6.33. The maximum absolute atomic E-state index is 12.2. The lowest BCUT2D eigenvalue weighted by Gasteiger charge is -2.30. The van der Waals surface area contributed by atoms with Crippen molar-refractivity contribution >= 4 is 5.91 Å². The largest absolute Gasteiger partial charge is 0.341 e. The van der Waals surface area contributed by atoms with Gasteiger partial charge in [0.2, 0.25) is 5.91 Å². The van der Waals surface area contributed by atoms with Gasteiger partial charge in [-0.3, -0.25) is 4.79 Å². The van der Waals surface area contributed by atoms with Crippen molar-refractivity contribution in [2.24, 2.45) is 11.7 Å². The Bertz CT molecular complexity index is 439. The number of piperidine rings is 1. The van der Waals surface area contributed by atoms with Crippen molar-refractivity contribution in [3.63, 3.8) is 0 Å². The van der Waals surface area contributed by atoms with Crippen LogP contribution in [0.4, 0.5) is 0 Å². The lowest BCUT2D eigenvalue weighted by Crippen LogP contribution is -2.46. The van der Waals surface area contributed by atoms with Gasteiger partial charge in [0.25, 0.3) is 0 Å². The van der Waals surface area contributed by atoms with Crippen molar-refractivity contribution < 1.29 is 4.79 Å². The van der Waals surface area contributed by atoms with E-state index < -0.39 is 0 Å². The molecule has 0 spiro atoms. The molecule has 1 atom stereocenters. The number of nitrogens with two attached hydrogens (primary N) is 1. The minimum absolute atomic E-state index is 0.154. The van der Waals surface area contributed by atoms with Crippen LogP contribution in [0.3, 0.4) is 0 Å². The second kappa shape index (κ2) is 6.89. The third-order valence-electron chi connectivity index (χ3n) is 3.83. The molecule has 1 saturated heterocycles. The topological polar surface area (TPSA) is 46.3 Å². The summed E-state index contributed by atoms with van der Waals surface area (Å²) in [5.41, 5.74) is 8.37. The molecule has 1 heterocycles. The SMILES string of the molecule is CC(C)Cc1ccc(CC(=O)N2CCCC(N)C2)cc1. The van der Waals surface area contributed by atoms with Crippen molar-refractivity contribution in [2.45, 2.75) is 45.6 Å². The Hall–Kier alpha value is -1.35. The fraction of sp³-hybridized carbons (Fsp3) is 0.588. The highest BCUT2D eigenvalue weighted by Crippen LogP contribution is 2.13. The van der Waals surface area contributed by atoms with Crippen LogP contribution in [-0.2, 0) is 17.6 Å². The second-order valence-electron chi connectivity index (χ2n) is 6.33. The first-order valence-corrected chi connectivity index (χ1v) is 7.65. The van der Waals surface area contributed by atoms with E-state index in [0.29, 0.717) is 18.9 Å². The van der Waals surface area contributed by atoms with Gasteiger partial charge in [0.05, 0.1) is 6.42 Å². The Labute approximate surface area is 122 Å². The highest BCUT2D eigenvalue weighted by Gasteiger charge is 2.21. The van der Waals surface area contributed by atoms with E-state index >= 15 is 0 Å². The first kappa shape index (κ1) is 15.0. The Balaban J connectivity index is 1.90. The molecule has 1 aromatic carbocycles. The summed E-state index contributed by atoms with van der Waals surface area (Å²) in [5.74, 6) is 0.870. The van der Waals surface area contributed by atoms with Gasteiger partial charge in [-0.1, -0.05) is 38.1 Å². The molecule has 0 aromatic heterocycles. The molecule has 1 aliphatic heterocycles. The van der Waals surface area contributed by atoms with Crippen molar-refractivity contribution in [3.8, 4) is 0 Å². The number of carbonyl (C=O) groups is 1. The number of benzene rings is 1. The van der Waals surface area contributed by atoms with E-state index in [9.17, 15) is 4.79 Å². The molecule has 2 N–H and O–H groups in total. The molecule has 1 aliphatic rings. The van der Waals surface area contributed by atoms with E-state index in [4.69, 9.17) is 5.73 Å². The Kier molecular flexibility index (Phi) is 5.18. The van der Waals surface area contributed by atoms with Gasteiger partial charge in [-0.05, 0) is 36.3 Å². The van der Waals surface area contributed by atoms with Crippen LogP contribution in [0, 0.1) is 5.92 Å². The summed E-state index contributed by atoms with van der Waals surface area (Å²) in [5, 5.41) is 0. The number of amides is 1. The van der Waals surface area contributed by atoms with E-state index in [2.05, 4.69) is 38.1 Å². The number of nitrogens with zero attached hydrogens (tertiary/aromatic N) is 1. The van der Waals surface area contributed by atoms with Gasteiger partial charge in [0, 0.05) is 19.1 Å². The van der Waals surface area contributed by atoms with Gasteiger partial charge in [-0.2, -0.15) is 0 Å². The van der Waals surface area contributed by atoms with Gasteiger partial charge in [-0.15, -0.1) is 0 Å². The van der Waals surface area contributed by atoms with Gasteiger partial charge in [-0.25, -0.2) is 0 Å². The van der Waals surface area contributed by atoms with E-state index in [1.54, 1.807) is 0 Å². The Morgan fingerprint density at radius 1 is 1.30 bits per heavy atom. The van der Waals surface area contributed by atoms with Gasteiger partial charge < -0.3 is 10.6 Å². The summed E-state index contributed by atoms with van der Waals surface area (Å²) in [4.78, 5) is 14.2. The fourth-order valence-electron chi connectivity index (χ4n) is 2.79. The van der Waals surface area contributed by atoms with Crippen LogP contribution in [0.2, 0.25) is 0 Å². The molecule has 3 heteroatoms. The summed E-state index contributed by atoms with van der Waals surface area (Å²) in [6.45, 7) is 6.01. The van der Waals surface area contributed by atoms with Crippen molar-refractivity contribution in [1.82, 2.24) is 4.90 Å². The first-order chi connectivity index (χ1) is 9.54. The smallest absolute Gasteiger partial charge is 0.227 e. The summed E-state index contributed by atoms with van der Waals surface area (Å²) < 4.78 is 0. The molecule has 1 unspecified atom stereocenters. The van der Waals surface area contributed by atoms with Crippen LogP contribution in [0.5, 0.6) is 0 Å². The molecule has 20 heavy (non-hydrogen) atoms. The molecule has 0 saturated carbocycles. The quantitative estimate of drug-likeness (QED) is 0.916. The van der Waals surface area contributed by atoms with Crippen LogP contribution in [0.15, 0.2) is 24.3 Å². The minimum atomic E-state index is 0.154. The first-order valence-electron chi connectivity index (χ1n) is 7.65. The molecule has 0 aliphatic carbocycles. The third kappa shape index (κ3) is 4.34. The molecule has 0 bridgehead atoms. The molecular formula is C17H26N2O. The van der Waals surface area contributed by atoms with E-state index in [-0.39, 0.29) is 11.9 Å². The van der Waals surface area contributed by atoms with Crippen LogP contribution in [-0.4, -0.2) is 29.9 Å². The minimum Gasteiger partial charge on any atom is -0.341 e. The number of likely N-dealkylation sites (tertiary alicyclic amines) is 1. The normalized spacial score (nSPS) is 19.4. The van der Waals surface area contributed by atoms with Crippen molar-refractivity contribution in [1.29, 1.82) is 0 Å². The Morgan fingerprint density at radius 2 is 1.95 bits per heavy atom. The van der Waals surface area contributed by atoms with E-state index in [0.717, 1.165) is 31.4 Å². The number of hydrogen-bond donors (Lipinski definition) is 1. The van der Waals surface area contributed by atoms with Crippen LogP contribution < -0.4 is 5.73 Å². The summed E-state index contributed by atoms with van der Waals surface area (Å²) in [6.07, 6.45) is 3.65. The zero-order chi connectivity index (χ0) is 14.5. The molecule has 2 rings (SSSR count). The molecule has 1 aromatic rings.